The topological polar surface area (TPSA) is 66.1 Å². The zero-order valence-corrected chi connectivity index (χ0v) is 18.7. The lowest BCUT2D eigenvalue weighted by Gasteiger charge is -2.61. The summed E-state index contributed by atoms with van der Waals surface area (Å²) in [6.07, 6.45) is 13.3. The van der Waals surface area contributed by atoms with Crippen LogP contribution in [0.25, 0.3) is 11.0 Å². The lowest BCUT2D eigenvalue weighted by atomic mass is 9.54. The minimum absolute atomic E-state index is 0.173. The summed E-state index contributed by atoms with van der Waals surface area (Å²) in [6, 6.07) is 2.86. The fourth-order valence-electron chi connectivity index (χ4n) is 7.64. The van der Waals surface area contributed by atoms with Crippen LogP contribution in [-0.4, -0.2) is 38.6 Å². The van der Waals surface area contributed by atoms with Crippen molar-refractivity contribution in [2.75, 3.05) is 0 Å². The van der Waals surface area contributed by atoms with Crippen LogP contribution in [0, 0.1) is 11.3 Å². The minimum atomic E-state index is 0.173. The molecule has 7 rings (SSSR count). The molecule has 2 saturated heterocycles. The third-order valence-electron chi connectivity index (χ3n) is 8.63. The van der Waals surface area contributed by atoms with Crippen molar-refractivity contribution in [3.63, 3.8) is 0 Å². The SMILES string of the molecule is CC(=O)CC12CC3CC(C1)N(C(=O)CC(C)c1c[nH]c4nccc(C5CC5)c14)C(C3)C2. The number of nitrogens with one attached hydrogen (secondary N) is 1. The second-order valence-electron chi connectivity index (χ2n) is 11.2. The van der Waals surface area contributed by atoms with Gasteiger partial charge in [-0.1, -0.05) is 6.92 Å². The van der Waals surface area contributed by atoms with Crippen molar-refractivity contribution in [1.29, 1.82) is 0 Å². The molecule has 0 radical (unpaired) electrons. The van der Waals surface area contributed by atoms with Crippen LogP contribution in [0.1, 0.15) is 94.6 Å². The molecule has 4 heterocycles. The monoisotopic (exact) mass is 419 g/mol. The van der Waals surface area contributed by atoms with E-state index in [0.717, 1.165) is 31.3 Å². The van der Waals surface area contributed by atoms with Gasteiger partial charge in [0.15, 0.2) is 0 Å². The predicted octanol–water partition coefficient (Wildman–Crippen LogP) is 5.07. The highest BCUT2D eigenvalue weighted by Gasteiger charge is 2.55. The quantitative estimate of drug-likeness (QED) is 0.711. The van der Waals surface area contributed by atoms with Gasteiger partial charge in [0.1, 0.15) is 11.4 Å². The number of aromatic amines is 1. The number of hydrogen-bond acceptors (Lipinski definition) is 3. The Kier molecular flexibility index (Phi) is 4.35. The third kappa shape index (κ3) is 3.23. The van der Waals surface area contributed by atoms with Crippen molar-refractivity contribution in [2.24, 2.45) is 11.3 Å². The summed E-state index contributed by atoms with van der Waals surface area (Å²) in [5.74, 6) is 2.16. The first-order chi connectivity index (χ1) is 14.9. The molecule has 5 nitrogen and oxygen atoms in total. The number of Topliss-reactive ketones (excluding diaryl/α,β-unsaturated/α-hetero) is 1. The third-order valence-corrected chi connectivity index (χ3v) is 8.63. The average molecular weight is 420 g/mol. The summed E-state index contributed by atoms with van der Waals surface area (Å²) in [5, 5.41) is 1.26. The van der Waals surface area contributed by atoms with Gasteiger partial charge in [0.25, 0.3) is 0 Å². The number of pyridine rings is 1. The van der Waals surface area contributed by atoms with E-state index >= 15 is 0 Å². The van der Waals surface area contributed by atoms with Crippen LogP contribution in [0.2, 0.25) is 0 Å². The van der Waals surface area contributed by atoms with Crippen LogP contribution in [-0.2, 0) is 9.59 Å². The summed E-state index contributed by atoms with van der Waals surface area (Å²) in [7, 11) is 0. The molecule has 31 heavy (non-hydrogen) atoms. The van der Waals surface area contributed by atoms with Crippen molar-refractivity contribution >= 4 is 22.7 Å². The molecule has 2 aliphatic heterocycles. The van der Waals surface area contributed by atoms with E-state index in [2.05, 4.69) is 34.1 Å². The number of carbonyl (C=O) groups is 2. The molecule has 3 saturated carbocycles. The summed E-state index contributed by atoms with van der Waals surface area (Å²) in [4.78, 5) is 35.6. The van der Waals surface area contributed by atoms with Gasteiger partial charge in [0.05, 0.1) is 0 Å². The van der Waals surface area contributed by atoms with Gasteiger partial charge in [-0.25, -0.2) is 4.98 Å². The maximum absolute atomic E-state index is 13.6. The Bertz CT molecular complexity index is 1040. The molecule has 1 amide bonds. The molecule has 0 spiro atoms. The second-order valence-corrected chi connectivity index (χ2v) is 11.2. The highest BCUT2D eigenvalue weighted by atomic mass is 16.2. The summed E-state index contributed by atoms with van der Waals surface area (Å²) in [6.45, 7) is 3.92. The van der Waals surface area contributed by atoms with Gasteiger partial charge in [-0.3, -0.25) is 4.79 Å². The predicted molar refractivity (Wildman–Crippen MR) is 120 cm³/mol. The summed E-state index contributed by atoms with van der Waals surface area (Å²) < 4.78 is 0. The van der Waals surface area contributed by atoms with Gasteiger partial charge >= 0.3 is 0 Å². The first-order valence-electron chi connectivity index (χ1n) is 12.2. The van der Waals surface area contributed by atoms with Gasteiger partial charge in [-0.2, -0.15) is 0 Å². The van der Waals surface area contributed by atoms with Gasteiger partial charge in [0.2, 0.25) is 5.91 Å². The van der Waals surface area contributed by atoms with Crippen LogP contribution in [0.3, 0.4) is 0 Å². The maximum atomic E-state index is 13.6. The van der Waals surface area contributed by atoms with Gasteiger partial charge in [-0.15, -0.1) is 0 Å². The van der Waals surface area contributed by atoms with E-state index in [9.17, 15) is 9.59 Å². The van der Waals surface area contributed by atoms with Gasteiger partial charge in [0, 0.05) is 42.7 Å². The summed E-state index contributed by atoms with van der Waals surface area (Å²) >= 11 is 0. The molecule has 1 N–H and O–H groups in total. The largest absolute Gasteiger partial charge is 0.346 e. The van der Waals surface area contributed by atoms with Gasteiger partial charge in [-0.05, 0) is 92.2 Å². The lowest BCUT2D eigenvalue weighted by molar-refractivity contribution is -0.160. The van der Waals surface area contributed by atoms with Crippen LogP contribution < -0.4 is 0 Å². The van der Waals surface area contributed by atoms with Crippen molar-refractivity contribution in [3.05, 3.63) is 29.6 Å². The number of piperidine rings is 2. The van der Waals surface area contributed by atoms with Crippen LogP contribution >= 0.6 is 0 Å². The fourth-order valence-corrected chi connectivity index (χ4v) is 7.64. The molecular weight excluding hydrogens is 386 g/mol. The summed E-state index contributed by atoms with van der Waals surface area (Å²) in [5.41, 5.74) is 3.78. The van der Waals surface area contributed by atoms with E-state index in [-0.39, 0.29) is 11.3 Å². The van der Waals surface area contributed by atoms with Crippen molar-refractivity contribution in [3.8, 4) is 0 Å². The number of carbonyl (C=O) groups excluding carboxylic acids is 2. The van der Waals surface area contributed by atoms with E-state index in [0.29, 0.717) is 48.5 Å². The van der Waals surface area contributed by atoms with Crippen molar-refractivity contribution < 1.29 is 9.59 Å². The Balaban J connectivity index is 1.22. The molecule has 3 atom stereocenters. The normalized spacial score (nSPS) is 32.6. The van der Waals surface area contributed by atoms with Crippen LogP contribution in [0.15, 0.2) is 18.5 Å². The van der Waals surface area contributed by atoms with E-state index < -0.39 is 0 Å². The number of H-pyrrole nitrogens is 1. The van der Waals surface area contributed by atoms with E-state index in [1.54, 1.807) is 6.92 Å². The van der Waals surface area contributed by atoms with Crippen molar-refractivity contribution in [1.82, 2.24) is 14.9 Å². The molecule has 5 heteroatoms. The number of ketones is 1. The second kappa shape index (κ2) is 6.91. The Labute approximate surface area is 184 Å². The molecule has 2 aromatic heterocycles. The van der Waals surface area contributed by atoms with Crippen LogP contribution in [0.5, 0.6) is 0 Å². The zero-order chi connectivity index (χ0) is 21.3. The highest BCUT2D eigenvalue weighted by molar-refractivity contribution is 5.86. The van der Waals surface area contributed by atoms with Crippen molar-refractivity contribution in [2.45, 2.75) is 95.6 Å². The average Bonchev–Trinajstić information content (AvgIpc) is 3.43. The Morgan fingerprint density at radius 1 is 1.23 bits per heavy atom. The fraction of sp³-hybridized carbons (Fsp3) is 0.654. The Morgan fingerprint density at radius 2 is 1.97 bits per heavy atom. The molecule has 164 valence electrons. The smallest absolute Gasteiger partial charge is 0.223 e. The number of aromatic nitrogens is 2. The number of hydrogen-bond donors (Lipinski definition) is 1. The van der Waals surface area contributed by atoms with Gasteiger partial charge < -0.3 is 14.7 Å². The number of rotatable bonds is 6. The van der Waals surface area contributed by atoms with Crippen LogP contribution in [0.4, 0.5) is 0 Å². The lowest BCUT2D eigenvalue weighted by Crippen LogP contribution is -2.63. The highest BCUT2D eigenvalue weighted by Crippen LogP contribution is 2.58. The first kappa shape index (κ1) is 19.5. The molecule has 5 fully saturated rings. The molecule has 4 bridgehead atoms. The standard InChI is InChI=1S/C26H33N3O2/c1-15(22-14-28-25-24(22)21(5-6-27-25)18-3-4-18)7-23(31)29-19-8-17-9-20(29)13-26(11-17,12-19)10-16(2)30/h5-6,14-15,17-20H,3-4,7-13H2,1-2H3,(H,27,28). The molecule has 2 aromatic rings. The molecular formula is C26H33N3O2. The molecule has 0 aromatic carbocycles. The number of fused-ring (bicyclic) bond motifs is 1. The zero-order valence-electron chi connectivity index (χ0n) is 18.7. The Morgan fingerprint density at radius 3 is 2.65 bits per heavy atom. The molecule has 5 aliphatic rings. The number of nitrogens with zero attached hydrogens (tertiary/aromatic N) is 2. The molecule has 3 unspecified atom stereocenters. The maximum Gasteiger partial charge on any atom is 0.223 e. The first-order valence-corrected chi connectivity index (χ1v) is 12.2. The Hall–Kier alpha value is -2.17. The van der Waals surface area contributed by atoms with E-state index in [4.69, 9.17) is 0 Å². The minimum Gasteiger partial charge on any atom is -0.346 e. The van der Waals surface area contributed by atoms with E-state index in [1.807, 2.05) is 6.20 Å². The van der Waals surface area contributed by atoms with E-state index in [1.165, 1.54) is 35.8 Å². The molecule has 3 aliphatic carbocycles. The number of amides is 1.